The van der Waals surface area contributed by atoms with Crippen LogP contribution in [0, 0.1) is 5.92 Å². The fourth-order valence-electron chi connectivity index (χ4n) is 3.58. The number of rotatable bonds is 17. The predicted octanol–water partition coefficient (Wildman–Crippen LogP) is 2.93. The van der Waals surface area contributed by atoms with E-state index in [1.165, 1.54) is 14.0 Å². The van der Waals surface area contributed by atoms with Crippen molar-refractivity contribution in [1.29, 1.82) is 0 Å². The van der Waals surface area contributed by atoms with Crippen LogP contribution in [0.4, 0.5) is 0 Å². The molecule has 12 heteroatoms. The van der Waals surface area contributed by atoms with Crippen LogP contribution >= 0.6 is 7.60 Å². The Bertz CT molecular complexity index is 915. The molecule has 0 saturated carbocycles. The van der Waals surface area contributed by atoms with Gasteiger partial charge in [0.2, 0.25) is 11.8 Å². The molecule has 1 aromatic carbocycles. The minimum Gasteiger partial charge on any atom is -0.497 e. The number of hydrogen-bond donors (Lipinski definition) is 4. The van der Waals surface area contributed by atoms with E-state index in [0.29, 0.717) is 12.2 Å². The highest BCUT2D eigenvalue weighted by Crippen LogP contribution is 2.51. The van der Waals surface area contributed by atoms with Crippen LogP contribution in [0.2, 0.25) is 0 Å². The fraction of sp³-hybridized carbons (Fsp3) is 0.640. The van der Waals surface area contributed by atoms with Crippen molar-refractivity contribution in [2.24, 2.45) is 5.92 Å². The number of carbonyl (C=O) groups is 3. The minimum absolute atomic E-state index is 0.0925. The maximum absolute atomic E-state index is 13.4. The Morgan fingerprint density at radius 2 is 1.46 bits per heavy atom. The molecule has 0 aliphatic rings. The first-order chi connectivity index (χ1) is 17.4. The summed E-state index contributed by atoms with van der Waals surface area (Å²) in [5.74, 6) is -2.38. The molecule has 1 rings (SSSR count). The van der Waals surface area contributed by atoms with E-state index in [4.69, 9.17) is 13.8 Å². The van der Waals surface area contributed by atoms with Crippen molar-refractivity contribution in [1.82, 2.24) is 16.0 Å². The van der Waals surface area contributed by atoms with Gasteiger partial charge in [0, 0.05) is 6.42 Å². The van der Waals surface area contributed by atoms with Gasteiger partial charge in [-0.1, -0.05) is 26.0 Å². The van der Waals surface area contributed by atoms with Crippen molar-refractivity contribution in [3.8, 4) is 5.75 Å². The largest absolute Gasteiger partial charge is 0.497 e. The van der Waals surface area contributed by atoms with Gasteiger partial charge in [0.05, 0.1) is 26.4 Å². The standard InChI is InChI=1S/C25H42N3O8P/c1-8-35-37(33,36-9-2)18(6)27-21(14-16(3)4)24(30)28-22(23(29)26-17(5)25(31)32)15-19-10-12-20(34-7)13-11-19/h10-13,16-18,21-22,27H,8-9,14-15H2,1-7H3,(H,26,29)(H,28,30)(H,31,32)/t17-,18?,21?,22-/m0/s1. The van der Waals surface area contributed by atoms with E-state index in [2.05, 4.69) is 16.0 Å². The smallest absolute Gasteiger partial charge is 0.347 e. The van der Waals surface area contributed by atoms with Crippen LogP contribution in [0.3, 0.4) is 0 Å². The number of aliphatic carboxylic acids is 1. The van der Waals surface area contributed by atoms with Crippen molar-refractivity contribution < 1.29 is 37.8 Å². The highest BCUT2D eigenvalue weighted by atomic mass is 31.2. The number of carboxylic acid groups (broad SMARTS) is 1. The second-order valence-corrected chi connectivity index (χ2v) is 11.5. The van der Waals surface area contributed by atoms with Crippen molar-refractivity contribution in [3.63, 3.8) is 0 Å². The van der Waals surface area contributed by atoms with Crippen LogP contribution in [0.25, 0.3) is 0 Å². The Balaban J connectivity index is 3.18. The van der Waals surface area contributed by atoms with E-state index in [1.807, 2.05) is 13.8 Å². The molecule has 0 aliphatic heterocycles. The summed E-state index contributed by atoms with van der Waals surface area (Å²) in [7, 11) is -2.00. The average molecular weight is 544 g/mol. The zero-order valence-corrected chi connectivity index (χ0v) is 23.7. The van der Waals surface area contributed by atoms with Crippen LogP contribution in [0.5, 0.6) is 5.75 Å². The van der Waals surface area contributed by atoms with Gasteiger partial charge in [-0.3, -0.25) is 24.3 Å². The third-order valence-electron chi connectivity index (χ3n) is 5.52. The fourth-order valence-corrected chi connectivity index (χ4v) is 5.18. The molecule has 210 valence electrons. The molecule has 0 bridgehead atoms. The number of amides is 2. The molecular formula is C25H42N3O8P. The summed E-state index contributed by atoms with van der Waals surface area (Å²) in [4.78, 5) is 37.7. The molecule has 37 heavy (non-hydrogen) atoms. The third-order valence-corrected chi connectivity index (χ3v) is 7.85. The summed E-state index contributed by atoms with van der Waals surface area (Å²) in [6.07, 6.45) is 0.505. The molecule has 4 N–H and O–H groups in total. The molecule has 2 amide bonds. The molecule has 0 saturated heterocycles. The van der Waals surface area contributed by atoms with Gasteiger partial charge in [0.15, 0.2) is 0 Å². The molecule has 0 aromatic heterocycles. The zero-order valence-electron chi connectivity index (χ0n) is 22.8. The van der Waals surface area contributed by atoms with Gasteiger partial charge in [0.25, 0.3) is 0 Å². The Hall–Kier alpha value is -2.46. The highest BCUT2D eigenvalue weighted by Gasteiger charge is 2.36. The lowest BCUT2D eigenvalue weighted by Gasteiger charge is -2.30. The summed E-state index contributed by atoms with van der Waals surface area (Å²) in [6.45, 7) is 10.6. The Kier molecular flexibility index (Phi) is 13.8. The number of ether oxygens (including phenoxy) is 1. The quantitative estimate of drug-likeness (QED) is 0.217. The van der Waals surface area contributed by atoms with Crippen LogP contribution in [0.1, 0.15) is 53.5 Å². The average Bonchev–Trinajstić information content (AvgIpc) is 2.83. The topological polar surface area (TPSA) is 152 Å². The minimum atomic E-state index is -3.54. The number of carboxylic acids is 1. The Morgan fingerprint density at radius 3 is 1.92 bits per heavy atom. The van der Waals surface area contributed by atoms with E-state index in [-0.39, 0.29) is 25.6 Å². The lowest BCUT2D eigenvalue weighted by molar-refractivity contribution is -0.141. The van der Waals surface area contributed by atoms with E-state index in [0.717, 1.165) is 5.56 Å². The first-order valence-corrected chi connectivity index (χ1v) is 14.1. The number of nitrogens with one attached hydrogen (secondary N) is 3. The zero-order chi connectivity index (χ0) is 28.2. The maximum Gasteiger partial charge on any atom is 0.347 e. The van der Waals surface area contributed by atoms with Gasteiger partial charge in [-0.15, -0.1) is 0 Å². The Labute approximate surface area is 219 Å². The first-order valence-electron chi connectivity index (χ1n) is 12.5. The predicted molar refractivity (Wildman–Crippen MR) is 141 cm³/mol. The molecule has 0 radical (unpaired) electrons. The number of carbonyl (C=O) groups excluding carboxylic acids is 2. The lowest BCUT2D eigenvalue weighted by Crippen LogP contribution is -2.56. The molecule has 1 aromatic rings. The van der Waals surface area contributed by atoms with Crippen molar-refractivity contribution in [2.45, 2.75) is 78.3 Å². The summed E-state index contributed by atoms with van der Waals surface area (Å²) in [5.41, 5.74) is 0.739. The van der Waals surface area contributed by atoms with Gasteiger partial charge in [-0.2, -0.15) is 0 Å². The van der Waals surface area contributed by atoms with Crippen molar-refractivity contribution >= 4 is 25.4 Å². The lowest BCUT2D eigenvalue weighted by atomic mass is 10.0. The molecule has 0 aliphatic carbocycles. The van der Waals surface area contributed by atoms with E-state index in [1.54, 1.807) is 45.0 Å². The molecule has 0 spiro atoms. The van der Waals surface area contributed by atoms with E-state index in [9.17, 15) is 24.1 Å². The summed E-state index contributed by atoms with van der Waals surface area (Å²) in [6, 6.07) is 3.98. The first kappa shape index (κ1) is 32.6. The molecule has 0 fully saturated rings. The van der Waals surface area contributed by atoms with Gasteiger partial charge >= 0.3 is 13.6 Å². The normalized spacial score (nSPS) is 14.9. The summed E-state index contributed by atoms with van der Waals surface area (Å²) in [5, 5.41) is 17.5. The van der Waals surface area contributed by atoms with Crippen LogP contribution in [0.15, 0.2) is 24.3 Å². The molecular weight excluding hydrogens is 501 g/mol. The van der Waals surface area contributed by atoms with E-state index < -0.39 is 49.3 Å². The molecule has 4 atom stereocenters. The maximum atomic E-state index is 13.4. The van der Waals surface area contributed by atoms with Gasteiger partial charge in [-0.25, -0.2) is 0 Å². The number of methoxy groups -OCH3 is 1. The van der Waals surface area contributed by atoms with Crippen LogP contribution in [-0.2, 0) is 34.4 Å². The Morgan fingerprint density at radius 1 is 0.919 bits per heavy atom. The number of benzene rings is 1. The summed E-state index contributed by atoms with van der Waals surface area (Å²) >= 11 is 0. The SMILES string of the molecule is CCOP(=O)(OCC)C(C)NC(CC(C)C)C(=O)N[C@@H](Cc1ccc(OC)cc1)C(=O)N[C@@H](C)C(=O)O. The van der Waals surface area contributed by atoms with E-state index >= 15 is 0 Å². The van der Waals surface area contributed by atoms with Crippen LogP contribution in [-0.4, -0.2) is 67.1 Å². The molecule has 2 unspecified atom stereocenters. The van der Waals surface area contributed by atoms with Gasteiger partial charge in [0.1, 0.15) is 23.6 Å². The third kappa shape index (κ3) is 10.8. The second kappa shape index (κ2) is 15.7. The van der Waals surface area contributed by atoms with Crippen LogP contribution < -0.4 is 20.7 Å². The van der Waals surface area contributed by atoms with Gasteiger partial charge in [-0.05, 0) is 57.7 Å². The monoisotopic (exact) mass is 543 g/mol. The molecule has 11 nitrogen and oxygen atoms in total. The summed E-state index contributed by atoms with van der Waals surface area (Å²) < 4.78 is 29.2. The second-order valence-electron chi connectivity index (χ2n) is 9.08. The number of hydrogen-bond acceptors (Lipinski definition) is 8. The van der Waals surface area contributed by atoms with Crippen molar-refractivity contribution in [2.75, 3.05) is 20.3 Å². The van der Waals surface area contributed by atoms with Gasteiger partial charge < -0.3 is 29.5 Å². The highest BCUT2D eigenvalue weighted by molar-refractivity contribution is 7.54. The van der Waals surface area contributed by atoms with Crippen molar-refractivity contribution in [3.05, 3.63) is 29.8 Å². The molecule has 0 heterocycles.